The third-order valence-corrected chi connectivity index (χ3v) is 5.25. The maximum absolute atomic E-state index is 12.3. The second-order valence-electron chi connectivity index (χ2n) is 6.08. The van der Waals surface area contributed by atoms with Crippen molar-refractivity contribution in [1.82, 2.24) is 0 Å². The van der Waals surface area contributed by atoms with Crippen molar-refractivity contribution in [2.45, 2.75) is 46.1 Å². The maximum atomic E-state index is 12.3. The Morgan fingerprint density at radius 1 is 1.44 bits per heavy atom. The zero-order valence-electron chi connectivity index (χ0n) is 15.4. The third-order valence-electron chi connectivity index (χ3n) is 4.26. The summed E-state index contributed by atoms with van der Waals surface area (Å²) in [6.45, 7) is 6.04. The first-order valence-electron chi connectivity index (χ1n) is 8.78. The molecule has 0 aliphatic carbocycles. The summed E-state index contributed by atoms with van der Waals surface area (Å²) in [6.07, 6.45) is 2.55. The van der Waals surface area contributed by atoms with Gasteiger partial charge < -0.3 is 15.6 Å². The molecule has 0 saturated carbocycles. The normalized spacial score (nSPS) is 14.6. The van der Waals surface area contributed by atoms with Gasteiger partial charge in [0, 0.05) is 5.70 Å². The zero-order chi connectivity index (χ0) is 18.8. The summed E-state index contributed by atoms with van der Waals surface area (Å²) in [7, 11) is 6.60. The van der Waals surface area contributed by atoms with Crippen LogP contribution in [0.1, 0.15) is 50.7 Å². The summed E-state index contributed by atoms with van der Waals surface area (Å²) >= 11 is 0. The van der Waals surface area contributed by atoms with Crippen LogP contribution < -0.4 is 11.2 Å². The molecule has 3 unspecified atom stereocenters. The van der Waals surface area contributed by atoms with E-state index in [1.165, 1.54) is 0 Å². The Morgan fingerprint density at radius 2 is 2.16 bits per heavy atom. The fourth-order valence-electron chi connectivity index (χ4n) is 2.76. The van der Waals surface area contributed by atoms with Crippen molar-refractivity contribution in [3.05, 3.63) is 40.8 Å². The molecule has 0 spiro atoms. The van der Waals surface area contributed by atoms with E-state index < -0.39 is 0 Å². The van der Waals surface area contributed by atoms with Crippen LogP contribution in [0.25, 0.3) is 0 Å². The first-order valence-corrected chi connectivity index (χ1v) is 10.1. The fraction of sp³-hybridized carbons (Fsp3) is 0.526. The van der Waals surface area contributed by atoms with Crippen molar-refractivity contribution in [1.29, 1.82) is 0 Å². The monoisotopic (exact) mass is 361 g/mol. The van der Waals surface area contributed by atoms with Gasteiger partial charge in [-0.05, 0) is 48.8 Å². The van der Waals surface area contributed by atoms with Crippen molar-refractivity contribution in [2.24, 2.45) is 11.7 Å². The Bertz CT molecular complexity index is 592. The average Bonchev–Trinajstić information content (AvgIpc) is 2.61. The van der Waals surface area contributed by atoms with E-state index >= 15 is 0 Å². The molecule has 3 atom stereocenters. The van der Waals surface area contributed by atoms with E-state index in [0.717, 1.165) is 38.8 Å². The minimum Gasteiger partial charge on any atom is -0.466 e. The molecule has 6 heteroatoms. The van der Waals surface area contributed by atoms with Gasteiger partial charge in [0.05, 0.1) is 19.1 Å². The molecule has 1 aromatic carbocycles. The van der Waals surface area contributed by atoms with Gasteiger partial charge in [0.2, 0.25) is 0 Å². The van der Waals surface area contributed by atoms with E-state index in [4.69, 9.17) is 18.3 Å². The van der Waals surface area contributed by atoms with E-state index in [-0.39, 0.29) is 24.4 Å². The number of benzene rings is 1. The summed E-state index contributed by atoms with van der Waals surface area (Å²) in [5, 5.41) is 9.47. The molecular weight excluding hydrogens is 332 g/mol. The zero-order valence-corrected chi connectivity index (χ0v) is 16.4. The number of esters is 1. The van der Waals surface area contributed by atoms with Crippen LogP contribution >= 0.6 is 8.58 Å². The Morgan fingerprint density at radius 3 is 2.76 bits per heavy atom. The molecule has 136 valence electrons. The van der Waals surface area contributed by atoms with Crippen molar-refractivity contribution < 1.29 is 14.6 Å². The summed E-state index contributed by atoms with van der Waals surface area (Å²) in [5.41, 5.74) is 9.16. The third kappa shape index (κ3) is 6.83. The van der Waals surface area contributed by atoms with Gasteiger partial charge in [-0.3, -0.25) is 4.79 Å². The first kappa shape index (κ1) is 21.7. The topological polar surface area (TPSA) is 72.6 Å². The molecule has 1 rings (SSSR count). The molecule has 0 fully saturated rings. The van der Waals surface area contributed by atoms with Crippen LogP contribution in [0.5, 0.6) is 0 Å². The van der Waals surface area contributed by atoms with E-state index in [9.17, 15) is 9.90 Å². The number of aliphatic hydroxyl groups is 1. The van der Waals surface area contributed by atoms with Gasteiger partial charge in [-0.2, -0.15) is 0 Å². The number of hydrogen-bond donors (Lipinski definition) is 2. The van der Waals surface area contributed by atoms with Gasteiger partial charge >= 0.3 is 5.97 Å². The average molecular weight is 361 g/mol. The van der Waals surface area contributed by atoms with E-state index in [1.54, 1.807) is 13.0 Å². The van der Waals surface area contributed by atoms with Gasteiger partial charge in [-0.25, -0.2) is 0 Å². The Balaban J connectivity index is 3.04. The number of carbonyl (C=O) groups excluding carboxylic acids is 1. The van der Waals surface area contributed by atoms with Crippen LogP contribution in [0, 0.1) is 5.92 Å². The maximum Gasteiger partial charge on any atom is 0.309 e. The Labute approximate surface area is 154 Å². The summed E-state index contributed by atoms with van der Waals surface area (Å²) in [5.74, 6) is 1.53. The van der Waals surface area contributed by atoms with Crippen molar-refractivity contribution in [2.75, 3.05) is 12.8 Å². The molecule has 0 amide bonds. The Hall–Kier alpha value is -1.32. The lowest BCUT2D eigenvalue weighted by atomic mass is 9.80. The predicted octanol–water partition coefficient (Wildman–Crippen LogP) is 2.53. The number of carbonyl (C=O) groups is 1. The summed E-state index contributed by atoms with van der Waals surface area (Å²) < 4.78 is 5.20. The molecule has 4 nitrogen and oxygen atoms in total. The van der Waals surface area contributed by atoms with Crippen molar-refractivity contribution in [3.8, 4) is 0 Å². The molecule has 25 heavy (non-hydrogen) atoms. The highest BCUT2D eigenvalue weighted by Crippen LogP contribution is 2.32. The largest absolute Gasteiger partial charge is 0.466 e. The van der Waals surface area contributed by atoms with Crippen LogP contribution in [0.2, 0.25) is 0 Å². The first-order chi connectivity index (χ1) is 11.9. The number of allylic oxidation sites excluding steroid dienone is 1. The highest BCUT2D eigenvalue weighted by Gasteiger charge is 2.27. The molecule has 0 aliphatic rings. The molecule has 1 aromatic rings. The minimum absolute atomic E-state index is 0.0399. The van der Waals surface area contributed by atoms with Crippen molar-refractivity contribution >= 4 is 27.9 Å². The second-order valence-corrected chi connectivity index (χ2v) is 7.48. The molecule has 0 saturated heterocycles. The number of aliphatic hydroxyl groups excluding tert-OH is 1. The minimum atomic E-state index is -0.295. The smallest absolute Gasteiger partial charge is 0.309 e. The lowest BCUT2D eigenvalue weighted by Gasteiger charge is -2.24. The van der Waals surface area contributed by atoms with Crippen molar-refractivity contribution in [3.63, 3.8) is 0 Å². The van der Waals surface area contributed by atoms with Gasteiger partial charge in [-0.1, -0.05) is 46.1 Å². The fourth-order valence-corrected chi connectivity index (χ4v) is 3.37. The van der Waals surface area contributed by atoms with E-state index in [0.29, 0.717) is 17.6 Å². The van der Waals surface area contributed by atoms with Crippen LogP contribution in [0.4, 0.5) is 0 Å². The highest BCUT2D eigenvalue weighted by atomic mass is 31.1. The molecule has 3 N–H and O–H groups in total. The SMILES string of the molecule is [B]c1ccc(C(CC/C(N)=C/PCC)C(C)C(=O)OCC)cc1CO. The molecular formula is C19H29BNO3P. The molecule has 0 aromatic heterocycles. The molecule has 0 bridgehead atoms. The van der Waals surface area contributed by atoms with Gasteiger partial charge in [0.15, 0.2) is 0 Å². The van der Waals surface area contributed by atoms with E-state index in [1.807, 2.05) is 19.1 Å². The molecule has 2 radical (unpaired) electrons. The van der Waals surface area contributed by atoms with Gasteiger partial charge in [0.25, 0.3) is 0 Å². The molecule has 0 aliphatic heterocycles. The number of ether oxygens (including phenoxy) is 1. The molecule has 0 heterocycles. The van der Waals surface area contributed by atoms with Crippen LogP contribution in [-0.2, 0) is 16.1 Å². The van der Waals surface area contributed by atoms with Crippen LogP contribution in [-0.4, -0.2) is 31.7 Å². The van der Waals surface area contributed by atoms with Gasteiger partial charge in [-0.15, -0.1) is 0 Å². The van der Waals surface area contributed by atoms with E-state index in [2.05, 4.69) is 12.7 Å². The summed E-state index contributed by atoms with van der Waals surface area (Å²) in [6, 6.07) is 5.58. The predicted molar refractivity (Wildman–Crippen MR) is 107 cm³/mol. The number of rotatable bonds is 10. The Kier molecular flexibility index (Phi) is 9.85. The van der Waals surface area contributed by atoms with Crippen LogP contribution in [0.3, 0.4) is 0 Å². The number of hydrogen-bond acceptors (Lipinski definition) is 4. The van der Waals surface area contributed by atoms with Gasteiger partial charge in [0.1, 0.15) is 7.85 Å². The lowest BCUT2D eigenvalue weighted by Crippen LogP contribution is -2.23. The second kappa shape index (κ2) is 11.3. The lowest BCUT2D eigenvalue weighted by molar-refractivity contribution is -0.148. The number of nitrogens with two attached hydrogens (primary N) is 1. The standard InChI is InChI=1S/C19H29BNO3P/c1-4-24-19(23)13(3)17(8-7-16(21)12-25-5-2)14-6-9-18(20)15(10-14)11-22/h6,9-10,12-13,17,22,25H,4-5,7-8,11,21H2,1-3H3/b16-12-. The quantitative estimate of drug-likeness (QED) is 0.382. The highest BCUT2D eigenvalue weighted by molar-refractivity contribution is 7.41. The summed E-state index contributed by atoms with van der Waals surface area (Å²) in [4.78, 5) is 12.3. The van der Waals surface area contributed by atoms with Crippen LogP contribution in [0.15, 0.2) is 29.7 Å².